The van der Waals surface area contributed by atoms with Crippen molar-refractivity contribution in [3.05, 3.63) is 18.0 Å². The molecular formula is C12H24N4. The van der Waals surface area contributed by atoms with Crippen LogP contribution in [-0.2, 0) is 7.05 Å². The molecule has 0 aliphatic carbocycles. The Hall–Kier alpha value is -0.870. The lowest BCUT2D eigenvalue weighted by molar-refractivity contribution is 0.174. The molecule has 1 unspecified atom stereocenters. The van der Waals surface area contributed by atoms with Crippen molar-refractivity contribution in [2.24, 2.45) is 18.2 Å². The summed E-state index contributed by atoms with van der Waals surface area (Å²) in [6.45, 7) is 8.28. The highest BCUT2D eigenvalue weighted by Gasteiger charge is 2.22. The molecule has 4 heteroatoms. The summed E-state index contributed by atoms with van der Waals surface area (Å²) in [5.74, 6) is 0. The van der Waals surface area contributed by atoms with Crippen molar-refractivity contribution in [2.45, 2.75) is 26.8 Å². The van der Waals surface area contributed by atoms with Gasteiger partial charge >= 0.3 is 0 Å². The van der Waals surface area contributed by atoms with E-state index in [1.54, 1.807) is 0 Å². The van der Waals surface area contributed by atoms with Crippen LogP contribution in [-0.4, -0.2) is 34.8 Å². The monoisotopic (exact) mass is 224 g/mol. The summed E-state index contributed by atoms with van der Waals surface area (Å²) >= 11 is 0. The number of rotatable bonds is 5. The molecule has 0 saturated carbocycles. The maximum Gasteiger partial charge on any atom is 0.0537 e. The van der Waals surface area contributed by atoms with Crippen LogP contribution in [0.25, 0.3) is 0 Å². The summed E-state index contributed by atoms with van der Waals surface area (Å²) in [7, 11) is 4.08. The van der Waals surface area contributed by atoms with E-state index in [1.807, 2.05) is 17.9 Å². The highest BCUT2D eigenvalue weighted by atomic mass is 15.2. The molecule has 0 bridgehead atoms. The van der Waals surface area contributed by atoms with Crippen LogP contribution in [0.4, 0.5) is 0 Å². The maximum atomic E-state index is 5.75. The predicted molar refractivity (Wildman–Crippen MR) is 67.1 cm³/mol. The van der Waals surface area contributed by atoms with Crippen LogP contribution in [0.2, 0.25) is 0 Å². The predicted octanol–water partition coefficient (Wildman–Crippen LogP) is 1.40. The van der Waals surface area contributed by atoms with E-state index < -0.39 is 0 Å². The van der Waals surface area contributed by atoms with Gasteiger partial charge in [-0.25, -0.2) is 0 Å². The lowest BCUT2D eigenvalue weighted by Gasteiger charge is -2.32. The van der Waals surface area contributed by atoms with E-state index in [2.05, 4.69) is 44.0 Å². The fourth-order valence-corrected chi connectivity index (χ4v) is 1.79. The Labute approximate surface area is 98.4 Å². The molecule has 92 valence electrons. The quantitative estimate of drug-likeness (QED) is 0.822. The lowest BCUT2D eigenvalue weighted by atomic mass is 9.92. The van der Waals surface area contributed by atoms with Crippen molar-refractivity contribution in [2.75, 3.05) is 20.1 Å². The first-order valence-electron chi connectivity index (χ1n) is 5.74. The fourth-order valence-electron chi connectivity index (χ4n) is 1.79. The molecule has 0 amide bonds. The second-order valence-corrected chi connectivity index (χ2v) is 5.41. The van der Waals surface area contributed by atoms with Gasteiger partial charge in [0.1, 0.15) is 0 Å². The summed E-state index contributed by atoms with van der Waals surface area (Å²) in [6.07, 6.45) is 3.99. The van der Waals surface area contributed by atoms with E-state index in [1.165, 1.54) is 5.56 Å². The minimum atomic E-state index is 0.158. The minimum Gasteiger partial charge on any atom is -0.330 e. The lowest BCUT2D eigenvalue weighted by Crippen LogP contribution is -2.37. The minimum absolute atomic E-state index is 0.158. The van der Waals surface area contributed by atoms with Crippen molar-refractivity contribution in [3.63, 3.8) is 0 Å². The summed E-state index contributed by atoms with van der Waals surface area (Å²) in [4.78, 5) is 2.32. The number of aryl methyl sites for hydroxylation is 1. The van der Waals surface area contributed by atoms with Crippen molar-refractivity contribution in [1.82, 2.24) is 14.7 Å². The van der Waals surface area contributed by atoms with Crippen LogP contribution in [0.1, 0.15) is 32.4 Å². The van der Waals surface area contributed by atoms with Crippen molar-refractivity contribution < 1.29 is 0 Å². The zero-order chi connectivity index (χ0) is 12.3. The molecule has 1 aromatic rings. The van der Waals surface area contributed by atoms with Gasteiger partial charge in [0.25, 0.3) is 0 Å². The molecule has 1 heterocycles. The maximum absolute atomic E-state index is 5.75. The molecule has 0 radical (unpaired) electrons. The molecule has 1 aromatic heterocycles. The average Bonchev–Trinajstić information content (AvgIpc) is 2.63. The molecule has 0 aliphatic rings. The number of hydrogen-bond donors (Lipinski definition) is 1. The van der Waals surface area contributed by atoms with Crippen LogP contribution in [0, 0.1) is 5.41 Å². The Morgan fingerprint density at radius 2 is 2.19 bits per heavy atom. The van der Waals surface area contributed by atoms with Crippen molar-refractivity contribution in [3.8, 4) is 0 Å². The molecule has 0 spiro atoms. The van der Waals surface area contributed by atoms with Gasteiger partial charge in [0.2, 0.25) is 0 Å². The largest absolute Gasteiger partial charge is 0.330 e. The number of hydrogen-bond acceptors (Lipinski definition) is 3. The Morgan fingerprint density at radius 3 is 2.62 bits per heavy atom. The third-order valence-electron chi connectivity index (χ3n) is 3.10. The molecule has 0 saturated heterocycles. The second kappa shape index (κ2) is 4.97. The summed E-state index contributed by atoms with van der Waals surface area (Å²) < 4.78 is 1.84. The summed E-state index contributed by atoms with van der Waals surface area (Å²) in [5.41, 5.74) is 7.16. The normalized spacial score (nSPS) is 14.4. The van der Waals surface area contributed by atoms with Crippen molar-refractivity contribution >= 4 is 0 Å². The molecular weight excluding hydrogens is 200 g/mol. The Kier molecular flexibility index (Phi) is 4.10. The van der Waals surface area contributed by atoms with Crippen LogP contribution < -0.4 is 5.73 Å². The molecule has 0 fully saturated rings. The topological polar surface area (TPSA) is 47.1 Å². The number of nitrogens with two attached hydrogens (primary N) is 1. The highest BCUT2D eigenvalue weighted by molar-refractivity contribution is 5.09. The van der Waals surface area contributed by atoms with Gasteiger partial charge < -0.3 is 5.73 Å². The van der Waals surface area contributed by atoms with Crippen LogP contribution in [0.15, 0.2) is 12.4 Å². The van der Waals surface area contributed by atoms with Gasteiger partial charge in [-0.15, -0.1) is 0 Å². The first-order valence-corrected chi connectivity index (χ1v) is 5.74. The van der Waals surface area contributed by atoms with Gasteiger partial charge in [-0.05, 0) is 25.9 Å². The van der Waals surface area contributed by atoms with Gasteiger partial charge in [0, 0.05) is 31.4 Å². The van der Waals surface area contributed by atoms with Gasteiger partial charge in [-0.2, -0.15) is 5.10 Å². The standard InChI is InChI=1S/C12H24N4/c1-10(11-6-14-16(5)7-11)15(4)9-12(2,3)8-13/h6-7,10H,8-9,13H2,1-5H3. The molecule has 16 heavy (non-hydrogen) atoms. The SMILES string of the molecule is CC(c1cnn(C)c1)N(C)CC(C)(C)CN. The third kappa shape index (κ3) is 3.32. The van der Waals surface area contributed by atoms with Crippen LogP contribution in [0.3, 0.4) is 0 Å². The zero-order valence-electron chi connectivity index (χ0n) is 11.1. The van der Waals surface area contributed by atoms with Crippen LogP contribution in [0.5, 0.6) is 0 Å². The summed E-state index contributed by atoms with van der Waals surface area (Å²) in [6, 6.07) is 0.375. The Morgan fingerprint density at radius 1 is 1.56 bits per heavy atom. The van der Waals surface area contributed by atoms with Gasteiger partial charge in [0.15, 0.2) is 0 Å². The molecule has 1 atom stereocenters. The van der Waals surface area contributed by atoms with Gasteiger partial charge in [-0.3, -0.25) is 9.58 Å². The highest BCUT2D eigenvalue weighted by Crippen LogP contribution is 2.22. The van der Waals surface area contributed by atoms with E-state index in [9.17, 15) is 0 Å². The molecule has 4 nitrogen and oxygen atoms in total. The number of nitrogens with zero attached hydrogens (tertiary/aromatic N) is 3. The van der Waals surface area contributed by atoms with Gasteiger partial charge in [-0.1, -0.05) is 13.8 Å². The third-order valence-corrected chi connectivity index (χ3v) is 3.10. The summed E-state index contributed by atoms with van der Waals surface area (Å²) in [5, 5.41) is 4.20. The fraction of sp³-hybridized carbons (Fsp3) is 0.750. The number of aromatic nitrogens is 2. The van der Waals surface area contributed by atoms with Crippen molar-refractivity contribution in [1.29, 1.82) is 0 Å². The smallest absolute Gasteiger partial charge is 0.0537 e. The average molecular weight is 224 g/mol. The second-order valence-electron chi connectivity index (χ2n) is 5.41. The van der Waals surface area contributed by atoms with E-state index in [4.69, 9.17) is 5.73 Å². The van der Waals surface area contributed by atoms with E-state index in [-0.39, 0.29) is 5.41 Å². The Balaban J connectivity index is 2.64. The van der Waals surface area contributed by atoms with Gasteiger partial charge in [0.05, 0.1) is 6.20 Å². The van der Waals surface area contributed by atoms with E-state index >= 15 is 0 Å². The first kappa shape index (κ1) is 13.2. The van der Waals surface area contributed by atoms with E-state index in [0.717, 1.165) is 6.54 Å². The molecule has 0 aliphatic heterocycles. The molecule has 1 rings (SSSR count). The first-order chi connectivity index (χ1) is 7.35. The Bertz CT molecular complexity index is 330. The van der Waals surface area contributed by atoms with Crippen LogP contribution >= 0.6 is 0 Å². The molecule has 0 aromatic carbocycles. The zero-order valence-corrected chi connectivity index (χ0v) is 11.1. The van der Waals surface area contributed by atoms with E-state index in [0.29, 0.717) is 12.6 Å². The molecule has 2 N–H and O–H groups in total.